The van der Waals surface area contributed by atoms with Gasteiger partial charge in [-0.1, -0.05) is 29.9 Å². The number of fused-ring (bicyclic) bond motifs is 1. The van der Waals surface area contributed by atoms with Crippen LogP contribution in [0.25, 0.3) is 0 Å². The van der Waals surface area contributed by atoms with Crippen molar-refractivity contribution in [1.29, 1.82) is 0 Å². The molecule has 1 aliphatic heterocycles. The average molecular weight is 358 g/mol. The van der Waals surface area contributed by atoms with E-state index in [4.69, 9.17) is 9.47 Å². The molecule has 3 atom stereocenters. The van der Waals surface area contributed by atoms with Gasteiger partial charge in [-0.25, -0.2) is 4.79 Å². The number of rotatable bonds is 1. The van der Waals surface area contributed by atoms with Gasteiger partial charge in [-0.3, -0.25) is 4.79 Å². The zero-order chi connectivity index (χ0) is 19.3. The number of esters is 2. The molecule has 0 spiro atoms. The van der Waals surface area contributed by atoms with Crippen molar-refractivity contribution in [3.05, 3.63) is 47.1 Å². The zero-order valence-corrected chi connectivity index (χ0v) is 16.3. The molecule has 1 aliphatic carbocycles. The van der Waals surface area contributed by atoms with E-state index in [0.29, 0.717) is 12.0 Å². The molecule has 0 saturated carbocycles. The van der Waals surface area contributed by atoms with Crippen LogP contribution in [-0.4, -0.2) is 24.1 Å². The Morgan fingerprint density at radius 1 is 1.19 bits per heavy atom. The first kappa shape index (κ1) is 20.2. The number of hydrogen-bond acceptors (Lipinski definition) is 4. The van der Waals surface area contributed by atoms with E-state index in [2.05, 4.69) is 38.7 Å². The third kappa shape index (κ3) is 5.45. The molecule has 0 bridgehead atoms. The lowest BCUT2D eigenvalue weighted by molar-refractivity contribution is -0.144. The highest BCUT2D eigenvalue weighted by molar-refractivity contribution is 5.91. The lowest BCUT2D eigenvalue weighted by Gasteiger charge is -2.19. The number of carbonyl (C=O) groups is 2. The second-order valence-electron chi connectivity index (χ2n) is 7.42. The SMILES string of the molecule is C=C1C(=O)O[C@H]2/C=C(\C)CC/C=C(\C)[C@@H](OC(C)=O)C/C=C(\C)CC[C@H]12. The summed E-state index contributed by atoms with van der Waals surface area (Å²) in [5, 5.41) is 0. The van der Waals surface area contributed by atoms with Crippen LogP contribution in [0.1, 0.15) is 59.8 Å². The number of hydrogen-bond donors (Lipinski definition) is 0. The Morgan fingerprint density at radius 3 is 2.62 bits per heavy atom. The lowest BCUT2D eigenvalue weighted by atomic mass is 9.88. The van der Waals surface area contributed by atoms with Gasteiger partial charge in [0.05, 0.1) is 0 Å². The summed E-state index contributed by atoms with van der Waals surface area (Å²) in [5.41, 5.74) is 4.07. The van der Waals surface area contributed by atoms with E-state index in [-0.39, 0.29) is 30.1 Å². The molecule has 1 heterocycles. The predicted octanol–water partition coefficient (Wildman–Crippen LogP) is 4.82. The second kappa shape index (κ2) is 9.02. The molecule has 0 unspecified atom stereocenters. The first-order chi connectivity index (χ1) is 12.3. The molecule has 0 amide bonds. The van der Waals surface area contributed by atoms with Crippen LogP contribution < -0.4 is 0 Å². The third-order valence-electron chi connectivity index (χ3n) is 5.15. The molecule has 0 aromatic carbocycles. The summed E-state index contributed by atoms with van der Waals surface area (Å²) in [6.07, 6.45) is 10.0. The Balaban J connectivity index is 2.25. The first-order valence-electron chi connectivity index (χ1n) is 9.34. The van der Waals surface area contributed by atoms with Crippen LogP contribution in [-0.2, 0) is 19.1 Å². The van der Waals surface area contributed by atoms with Crippen LogP contribution in [0.5, 0.6) is 0 Å². The molecular formula is C22H30O4. The van der Waals surface area contributed by atoms with Gasteiger partial charge in [-0.05, 0) is 58.1 Å². The minimum atomic E-state index is -0.277. The van der Waals surface area contributed by atoms with Crippen molar-refractivity contribution in [2.45, 2.75) is 72.0 Å². The Hall–Kier alpha value is -2.10. The fourth-order valence-corrected chi connectivity index (χ4v) is 3.46. The Bertz CT molecular complexity index is 666. The van der Waals surface area contributed by atoms with E-state index >= 15 is 0 Å². The molecule has 1 fully saturated rings. The number of ether oxygens (including phenoxy) is 2. The van der Waals surface area contributed by atoms with Crippen LogP contribution in [0.3, 0.4) is 0 Å². The largest absolute Gasteiger partial charge is 0.458 e. The van der Waals surface area contributed by atoms with E-state index in [9.17, 15) is 9.59 Å². The summed E-state index contributed by atoms with van der Waals surface area (Å²) in [6.45, 7) is 11.5. The zero-order valence-electron chi connectivity index (χ0n) is 16.3. The highest BCUT2D eigenvalue weighted by Crippen LogP contribution is 2.33. The minimum Gasteiger partial charge on any atom is -0.458 e. The van der Waals surface area contributed by atoms with Crippen molar-refractivity contribution in [3.63, 3.8) is 0 Å². The summed E-state index contributed by atoms with van der Waals surface area (Å²) >= 11 is 0. The van der Waals surface area contributed by atoms with Crippen molar-refractivity contribution in [3.8, 4) is 0 Å². The van der Waals surface area contributed by atoms with Crippen molar-refractivity contribution >= 4 is 11.9 Å². The summed E-state index contributed by atoms with van der Waals surface area (Å²) in [4.78, 5) is 23.4. The minimum absolute atomic E-state index is 0.0327. The molecule has 142 valence electrons. The normalized spacial score (nSPS) is 34.2. The summed E-state index contributed by atoms with van der Waals surface area (Å²) in [7, 11) is 0. The topological polar surface area (TPSA) is 52.6 Å². The van der Waals surface area contributed by atoms with Gasteiger partial charge in [0.15, 0.2) is 0 Å². The van der Waals surface area contributed by atoms with Crippen molar-refractivity contribution < 1.29 is 19.1 Å². The van der Waals surface area contributed by atoms with E-state index in [0.717, 1.165) is 31.3 Å². The standard InChI is InChI=1S/C22H30O4/c1-14-9-11-19-17(4)22(24)26-21(19)13-15(2)7-6-8-16(3)20(12-10-14)25-18(5)23/h8,10,13,19-21H,4,6-7,9,11-12H2,1-3,5H3/b14-10+,15-13+,16-8+/t19-,20+,21+/m1/s1. The fourth-order valence-electron chi connectivity index (χ4n) is 3.46. The summed E-state index contributed by atoms with van der Waals surface area (Å²) in [6, 6.07) is 0. The highest BCUT2D eigenvalue weighted by Gasteiger charge is 2.36. The molecule has 2 aliphatic rings. The van der Waals surface area contributed by atoms with Gasteiger partial charge >= 0.3 is 11.9 Å². The van der Waals surface area contributed by atoms with Gasteiger partial charge in [0.1, 0.15) is 12.2 Å². The van der Waals surface area contributed by atoms with Gasteiger partial charge in [-0.15, -0.1) is 0 Å². The molecular weight excluding hydrogens is 328 g/mol. The monoisotopic (exact) mass is 358 g/mol. The predicted molar refractivity (Wildman–Crippen MR) is 102 cm³/mol. The Labute approximate surface area is 156 Å². The smallest absolute Gasteiger partial charge is 0.334 e. The van der Waals surface area contributed by atoms with Crippen LogP contribution in [0.15, 0.2) is 47.1 Å². The molecule has 26 heavy (non-hydrogen) atoms. The Kier molecular flexibility index (Phi) is 7.01. The Morgan fingerprint density at radius 2 is 1.92 bits per heavy atom. The van der Waals surface area contributed by atoms with E-state index in [1.807, 2.05) is 6.92 Å². The maximum Gasteiger partial charge on any atom is 0.334 e. The fraction of sp³-hybridized carbons (Fsp3) is 0.545. The van der Waals surface area contributed by atoms with Crippen LogP contribution in [0.4, 0.5) is 0 Å². The molecule has 1 saturated heterocycles. The van der Waals surface area contributed by atoms with Crippen molar-refractivity contribution in [2.75, 3.05) is 0 Å². The van der Waals surface area contributed by atoms with Gasteiger partial charge in [0.25, 0.3) is 0 Å². The van der Waals surface area contributed by atoms with Crippen molar-refractivity contribution in [2.24, 2.45) is 5.92 Å². The van der Waals surface area contributed by atoms with Crippen LogP contribution >= 0.6 is 0 Å². The second-order valence-corrected chi connectivity index (χ2v) is 7.42. The first-order valence-corrected chi connectivity index (χ1v) is 9.34. The lowest BCUT2D eigenvalue weighted by Crippen LogP contribution is -2.17. The molecule has 4 heteroatoms. The molecule has 4 nitrogen and oxygen atoms in total. The number of allylic oxidation sites excluding steroid dienone is 3. The molecule has 0 aromatic heterocycles. The highest BCUT2D eigenvalue weighted by atomic mass is 16.6. The van der Waals surface area contributed by atoms with E-state index in [1.165, 1.54) is 18.1 Å². The van der Waals surface area contributed by atoms with Gasteiger partial charge < -0.3 is 9.47 Å². The maximum atomic E-state index is 11.9. The molecule has 0 radical (unpaired) electrons. The third-order valence-corrected chi connectivity index (χ3v) is 5.15. The quantitative estimate of drug-likeness (QED) is 0.383. The van der Waals surface area contributed by atoms with E-state index in [1.54, 1.807) is 0 Å². The summed E-state index contributed by atoms with van der Waals surface area (Å²) < 4.78 is 11.0. The van der Waals surface area contributed by atoms with Gasteiger partial charge in [-0.2, -0.15) is 0 Å². The van der Waals surface area contributed by atoms with Crippen LogP contribution in [0, 0.1) is 5.92 Å². The van der Waals surface area contributed by atoms with Gasteiger partial charge in [0, 0.05) is 24.8 Å². The molecule has 0 aromatic rings. The van der Waals surface area contributed by atoms with Crippen LogP contribution in [0.2, 0.25) is 0 Å². The molecule has 2 rings (SSSR count). The van der Waals surface area contributed by atoms with Gasteiger partial charge in [0.2, 0.25) is 0 Å². The average Bonchev–Trinajstić information content (AvgIpc) is 2.82. The maximum absolute atomic E-state index is 11.9. The number of carbonyl (C=O) groups excluding carboxylic acids is 2. The van der Waals surface area contributed by atoms with E-state index < -0.39 is 0 Å². The summed E-state index contributed by atoms with van der Waals surface area (Å²) in [5.74, 6) is -0.502. The molecule has 0 N–H and O–H groups in total. The van der Waals surface area contributed by atoms with Crippen molar-refractivity contribution in [1.82, 2.24) is 0 Å².